The average molecular weight is 212 g/mol. The summed E-state index contributed by atoms with van der Waals surface area (Å²) in [6.07, 6.45) is 4.80. The van der Waals surface area contributed by atoms with Crippen LogP contribution in [0.1, 0.15) is 27.2 Å². The van der Waals surface area contributed by atoms with Crippen LogP contribution in [0.5, 0.6) is 0 Å². The number of hydrogen-bond donors (Lipinski definition) is 0. The van der Waals surface area contributed by atoms with Gasteiger partial charge < -0.3 is 0 Å². The highest BCUT2D eigenvalue weighted by atomic mass is 28.3. The summed E-state index contributed by atoms with van der Waals surface area (Å²) < 4.78 is 0. The SMILES string of the molecule is CC(C)(C)C(=O)C/C=C/C[Si](C)(C)C. The molecule has 0 aliphatic carbocycles. The van der Waals surface area contributed by atoms with Crippen LogP contribution in [0.3, 0.4) is 0 Å². The Labute approximate surface area is 89.6 Å². The molecule has 82 valence electrons. The molecule has 0 saturated heterocycles. The quantitative estimate of drug-likeness (QED) is 0.510. The van der Waals surface area contributed by atoms with Gasteiger partial charge in [-0.15, -0.1) is 0 Å². The van der Waals surface area contributed by atoms with Gasteiger partial charge in [-0.1, -0.05) is 52.6 Å². The molecule has 14 heavy (non-hydrogen) atoms. The van der Waals surface area contributed by atoms with E-state index in [1.807, 2.05) is 26.8 Å². The van der Waals surface area contributed by atoms with Crippen LogP contribution in [-0.2, 0) is 4.79 Å². The van der Waals surface area contributed by atoms with E-state index in [9.17, 15) is 4.79 Å². The first-order chi connectivity index (χ1) is 6.13. The van der Waals surface area contributed by atoms with Gasteiger partial charge in [-0.25, -0.2) is 0 Å². The summed E-state index contributed by atoms with van der Waals surface area (Å²) in [5.74, 6) is 0.323. The van der Waals surface area contributed by atoms with Gasteiger partial charge in [0.25, 0.3) is 0 Å². The Kier molecular flexibility index (Phi) is 4.79. The first kappa shape index (κ1) is 13.6. The molecule has 0 aromatic carbocycles. The Hall–Kier alpha value is -0.373. The Bertz CT molecular complexity index is 215. The maximum Gasteiger partial charge on any atom is 0.141 e. The summed E-state index contributed by atoms with van der Waals surface area (Å²) in [5.41, 5.74) is -0.191. The highest BCUT2D eigenvalue weighted by molar-refractivity contribution is 6.76. The molecule has 0 radical (unpaired) electrons. The maximum atomic E-state index is 11.5. The highest BCUT2D eigenvalue weighted by Crippen LogP contribution is 2.17. The summed E-state index contributed by atoms with van der Waals surface area (Å²) in [7, 11) is -0.973. The molecule has 0 atom stereocenters. The summed E-state index contributed by atoms with van der Waals surface area (Å²) in [4.78, 5) is 11.5. The van der Waals surface area contributed by atoms with Crippen LogP contribution < -0.4 is 0 Å². The van der Waals surface area contributed by atoms with E-state index >= 15 is 0 Å². The predicted octanol–water partition coefficient (Wildman–Crippen LogP) is 3.89. The minimum Gasteiger partial charge on any atom is -0.299 e. The largest absolute Gasteiger partial charge is 0.299 e. The molecular weight excluding hydrogens is 188 g/mol. The standard InChI is InChI=1S/C12H24OSi/c1-12(2,3)11(13)9-7-8-10-14(4,5)6/h7-8H,9-10H2,1-6H3/b8-7+. The number of Topliss-reactive ketones (excluding diaryl/α,β-unsaturated/α-hetero) is 1. The van der Waals surface area contributed by atoms with Gasteiger partial charge in [-0.2, -0.15) is 0 Å². The fraction of sp³-hybridized carbons (Fsp3) is 0.750. The lowest BCUT2D eigenvalue weighted by atomic mass is 9.89. The van der Waals surface area contributed by atoms with Crippen molar-refractivity contribution in [2.45, 2.75) is 52.9 Å². The molecule has 0 saturated carbocycles. The van der Waals surface area contributed by atoms with Crippen LogP contribution >= 0.6 is 0 Å². The van der Waals surface area contributed by atoms with Crippen LogP contribution in [-0.4, -0.2) is 13.9 Å². The summed E-state index contributed by atoms with van der Waals surface area (Å²) in [6, 6.07) is 1.17. The minimum absolute atomic E-state index is 0.191. The molecule has 0 heterocycles. The summed E-state index contributed by atoms with van der Waals surface area (Å²) in [5, 5.41) is 0. The van der Waals surface area contributed by atoms with Crippen molar-refractivity contribution in [2.75, 3.05) is 0 Å². The second-order valence-electron chi connectivity index (χ2n) is 6.11. The van der Waals surface area contributed by atoms with Gasteiger partial charge in [-0.3, -0.25) is 4.79 Å². The zero-order valence-electron chi connectivity index (χ0n) is 10.5. The molecule has 0 unspecified atom stereocenters. The lowest BCUT2D eigenvalue weighted by molar-refractivity contribution is -0.125. The molecule has 0 amide bonds. The molecule has 0 N–H and O–H groups in total. The zero-order chi connectivity index (χ0) is 11.4. The normalized spacial score (nSPS) is 13.6. The Balaban J connectivity index is 3.91. The fourth-order valence-corrected chi connectivity index (χ4v) is 1.81. The van der Waals surface area contributed by atoms with Gasteiger partial charge in [0.05, 0.1) is 0 Å². The molecule has 0 rings (SSSR count). The zero-order valence-corrected chi connectivity index (χ0v) is 11.5. The van der Waals surface area contributed by atoms with Crippen molar-refractivity contribution in [1.82, 2.24) is 0 Å². The van der Waals surface area contributed by atoms with E-state index in [1.165, 1.54) is 6.04 Å². The Morgan fingerprint density at radius 2 is 1.64 bits per heavy atom. The molecule has 0 aliphatic heterocycles. The molecule has 0 aromatic rings. The lowest BCUT2D eigenvalue weighted by Gasteiger charge is -2.15. The fourth-order valence-electron chi connectivity index (χ4n) is 0.933. The second kappa shape index (κ2) is 4.92. The van der Waals surface area contributed by atoms with Gasteiger partial charge in [0, 0.05) is 19.9 Å². The molecule has 0 fully saturated rings. The first-order valence-corrected chi connectivity index (χ1v) is 9.02. The Morgan fingerprint density at radius 3 is 2.00 bits per heavy atom. The summed E-state index contributed by atoms with van der Waals surface area (Å²) in [6.45, 7) is 12.9. The Morgan fingerprint density at radius 1 is 1.14 bits per heavy atom. The van der Waals surface area contributed by atoms with Crippen molar-refractivity contribution in [2.24, 2.45) is 5.41 Å². The van der Waals surface area contributed by atoms with E-state index in [1.54, 1.807) is 0 Å². The molecule has 0 aromatic heterocycles. The number of allylic oxidation sites excluding steroid dienone is 2. The number of carbonyl (C=O) groups excluding carboxylic acids is 1. The van der Waals surface area contributed by atoms with Gasteiger partial charge in [0.1, 0.15) is 5.78 Å². The maximum absolute atomic E-state index is 11.5. The smallest absolute Gasteiger partial charge is 0.141 e. The molecule has 0 aliphatic rings. The van der Waals surface area contributed by atoms with Crippen molar-refractivity contribution < 1.29 is 4.79 Å². The number of hydrogen-bond acceptors (Lipinski definition) is 1. The van der Waals surface area contributed by atoms with Crippen molar-refractivity contribution in [3.63, 3.8) is 0 Å². The third-order valence-corrected chi connectivity index (χ3v) is 3.50. The molecule has 0 bridgehead atoms. The van der Waals surface area contributed by atoms with Gasteiger partial charge in [0.2, 0.25) is 0 Å². The highest BCUT2D eigenvalue weighted by Gasteiger charge is 2.19. The number of carbonyl (C=O) groups is 1. The average Bonchev–Trinajstić information content (AvgIpc) is 1.93. The third kappa shape index (κ3) is 7.07. The predicted molar refractivity (Wildman–Crippen MR) is 66.4 cm³/mol. The van der Waals surface area contributed by atoms with Crippen molar-refractivity contribution >= 4 is 13.9 Å². The molecule has 2 heteroatoms. The third-order valence-electron chi connectivity index (χ3n) is 2.04. The first-order valence-electron chi connectivity index (χ1n) is 5.31. The van der Waals surface area contributed by atoms with E-state index in [0.717, 1.165) is 0 Å². The van der Waals surface area contributed by atoms with Gasteiger partial charge in [-0.05, 0) is 6.04 Å². The second-order valence-corrected chi connectivity index (χ2v) is 11.6. The van der Waals surface area contributed by atoms with E-state index < -0.39 is 8.07 Å². The molecule has 1 nitrogen and oxygen atoms in total. The topological polar surface area (TPSA) is 17.1 Å². The van der Waals surface area contributed by atoms with Crippen LogP contribution in [0.15, 0.2) is 12.2 Å². The van der Waals surface area contributed by atoms with E-state index in [2.05, 4.69) is 25.7 Å². The van der Waals surface area contributed by atoms with Crippen LogP contribution in [0.4, 0.5) is 0 Å². The van der Waals surface area contributed by atoms with Crippen molar-refractivity contribution in [3.05, 3.63) is 12.2 Å². The monoisotopic (exact) mass is 212 g/mol. The van der Waals surface area contributed by atoms with Crippen molar-refractivity contribution in [1.29, 1.82) is 0 Å². The van der Waals surface area contributed by atoms with E-state index in [-0.39, 0.29) is 5.41 Å². The minimum atomic E-state index is -0.973. The van der Waals surface area contributed by atoms with Crippen LogP contribution in [0.2, 0.25) is 25.7 Å². The number of ketones is 1. The lowest BCUT2D eigenvalue weighted by Crippen LogP contribution is -2.19. The summed E-state index contributed by atoms with van der Waals surface area (Å²) >= 11 is 0. The van der Waals surface area contributed by atoms with Gasteiger partial charge >= 0.3 is 0 Å². The van der Waals surface area contributed by atoms with Crippen LogP contribution in [0, 0.1) is 5.41 Å². The molecular formula is C12H24OSi. The number of rotatable bonds is 4. The molecule has 0 spiro atoms. The van der Waals surface area contributed by atoms with E-state index in [0.29, 0.717) is 12.2 Å². The van der Waals surface area contributed by atoms with Gasteiger partial charge in [0.15, 0.2) is 0 Å². The van der Waals surface area contributed by atoms with E-state index in [4.69, 9.17) is 0 Å². The van der Waals surface area contributed by atoms with Crippen LogP contribution in [0.25, 0.3) is 0 Å². The van der Waals surface area contributed by atoms with Crippen molar-refractivity contribution in [3.8, 4) is 0 Å².